The van der Waals surface area contributed by atoms with Crippen LogP contribution in [0.25, 0.3) is 0 Å². The number of aromatic nitrogens is 5. The Morgan fingerprint density at radius 3 is 2.53 bits per heavy atom. The zero-order valence-corrected chi connectivity index (χ0v) is 19.6. The SMILES string of the molecule is Cc1cc([C@@H]2[C@H](c3ccccn3)NC(=S)N2CC(=O)Nc2ccccc2)c(C)n1-n1cnnc1. The van der Waals surface area contributed by atoms with Crippen molar-refractivity contribution in [3.8, 4) is 0 Å². The van der Waals surface area contributed by atoms with E-state index < -0.39 is 0 Å². The molecule has 0 radical (unpaired) electrons. The van der Waals surface area contributed by atoms with E-state index in [1.54, 1.807) is 18.9 Å². The minimum atomic E-state index is -0.236. The Balaban J connectivity index is 1.53. The van der Waals surface area contributed by atoms with Crippen LogP contribution in [-0.2, 0) is 4.79 Å². The van der Waals surface area contributed by atoms with E-state index in [1.807, 2.05) is 76.6 Å². The Kier molecular flexibility index (Phi) is 5.81. The van der Waals surface area contributed by atoms with Gasteiger partial charge in [0.25, 0.3) is 0 Å². The minimum absolute atomic E-state index is 0.102. The minimum Gasteiger partial charge on any atom is -0.352 e. The quantitative estimate of drug-likeness (QED) is 0.417. The number of amides is 1. The average molecular weight is 473 g/mol. The van der Waals surface area contributed by atoms with Crippen molar-refractivity contribution in [2.45, 2.75) is 25.9 Å². The number of pyridine rings is 1. The summed E-state index contributed by atoms with van der Waals surface area (Å²) in [6.45, 7) is 4.17. The molecule has 1 aliphatic rings. The van der Waals surface area contributed by atoms with Crippen molar-refractivity contribution in [1.82, 2.24) is 34.8 Å². The van der Waals surface area contributed by atoms with Crippen LogP contribution in [0.2, 0.25) is 0 Å². The zero-order valence-electron chi connectivity index (χ0n) is 18.8. The maximum absolute atomic E-state index is 13.0. The van der Waals surface area contributed by atoms with Crippen LogP contribution in [0, 0.1) is 13.8 Å². The second-order valence-electron chi connectivity index (χ2n) is 8.15. The highest BCUT2D eigenvalue weighted by Crippen LogP contribution is 2.40. The van der Waals surface area contributed by atoms with Gasteiger partial charge in [0.15, 0.2) is 5.11 Å². The Hall–Kier alpha value is -4.05. The van der Waals surface area contributed by atoms with Gasteiger partial charge in [-0.25, -0.2) is 4.68 Å². The molecule has 1 fully saturated rings. The number of carbonyl (C=O) groups is 1. The van der Waals surface area contributed by atoms with Gasteiger partial charge in [-0.1, -0.05) is 24.3 Å². The number of hydrogen-bond donors (Lipinski definition) is 2. The van der Waals surface area contributed by atoms with E-state index in [1.165, 1.54) is 0 Å². The van der Waals surface area contributed by atoms with Gasteiger partial charge in [0.05, 0.1) is 17.8 Å². The monoisotopic (exact) mass is 472 g/mol. The van der Waals surface area contributed by atoms with Crippen molar-refractivity contribution in [2.75, 3.05) is 11.9 Å². The number of thiocarbonyl (C=S) groups is 1. The van der Waals surface area contributed by atoms with Crippen molar-refractivity contribution < 1.29 is 4.79 Å². The van der Waals surface area contributed by atoms with Crippen LogP contribution in [0.3, 0.4) is 0 Å². The lowest BCUT2D eigenvalue weighted by Crippen LogP contribution is -2.37. The molecule has 3 aromatic heterocycles. The molecule has 2 N–H and O–H groups in total. The predicted octanol–water partition coefficient (Wildman–Crippen LogP) is 3.01. The fraction of sp³-hybridized carbons (Fsp3) is 0.208. The summed E-state index contributed by atoms with van der Waals surface area (Å²) in [5.41, 5.74) is 4.66. The van der Waals surface area contributed by atoms with E-state index in [2.05, 4.69) is 31.9 Å². The van der Waals surface area contributed by atoms with Gasteiger partial charge in [0, 0.05) is 28.8 Å². The Morgan fingerprint density at radius 1 is 1.09 bits per heavy atom. The van der Waals surface area contributed by atoms with Crippen molar-refractivity contribution in [3.63, 3.8) is 0 Å². The fourth-order valence-corrected chi connectivity index (χ4v) is 4.83. The summed E-state index contributed by atoms with van der Waals surface area (Å²) in [6.07, 6.45) is 5.08. The van der Waals surface area contributed by atoms with E-state index >= 15 is 0 Å². The van der Waals surface area contributed by atoms with E-state index in [0.717, 1.165) is 28.3 Å². The molecule has 0 aliphatic carbocycles. The molecule has 1 aliphatic heterocycles. The van der Waals surface area contributed by atoms with Crippen molar-refractivity contribution in [2.24, 2.45) is 0 Å². The molecule has 0 spiro atoms. The van der Waals surface area contributed by atoms with Gasteiger partial charge in [0.2, 0.25) is 5.91 Å². The van der Waals surface area contributed by atoms with Crippen molar-refractivity contribution >= 4 is 28.9 Å². The first-order valence-corrected chi connectivity index (χ1v) is 11.3. The van der Waals surface area contributed by atoms with E-state index in [0.29, 0.717) is 5.11 Å². The van der Waals surface area contributed by atoms with E-state index in [9.17, 15) is 4.79 Å². The van der Waals surface area contributed by atoms with Crippen LogP contribution in [0.15, 0.2) is 73.4 Å². The van der Waals surface area contributed by atoms with Gasteiger partial charge in [-0.05, 0) is 56.4 Å². The molecule has 1 saturated heterocycles. The van der Waals surface area contributed by atoms with Gasteiger partial charge in [-0.2, -0.15) is 0 Å². The van der Waals surface area contributed by atoms with Crippen LogP contribution in [0.1, 0.15) is 34.7 Å². The lowest BCUT2D eigenvalue weighted by Gasteiger charge is -2.27. The van der Waals surface area contributed by atoms with Crippen molar-refractivity contribution in [1.29, 1.82) is 0 Å². The molecule has 4 aromatic rings. The molecular formula is C24H24N8OS. The van der Waals surface area contributed by atoms with Gasteiger partial charge in [-0.15, -0.1) is 10.2 Å². The lowest BCUT2D eigenvalue weighted by molar-refractivity contribution is -0.116. The molecule has 9 nitrogen and oxygen atoms in total. The standard InChI is InChI=1S/C24H24N8OS/c1-16-12-19(17(2)32(16)30-14-26-27-15-30)23-22(20-10-6-7-11-25-20)29-24(34)31(23)13-21(33)28-18-8-4-3-5-9-18/h3-12,14-15,22-23H,13H2,1-2H3,(H,28,33)(H,29,34)/t22-,23+/m0/s1. The molecular weight excluding hydrogens is 448 g/mol. The maximum atomic E-state index is 13.0. The fourth-order valence-electron chi connectivity index (χ4n) is 4.52. The largest absolute Gasteiger partial charge is 0.352 e. The predicted molar refractivity (Wildman–Crippen MR) is 132 cm³/mol. The second kappa shape index (κ2) is 9.06. The summed E-state index contributed by atoms with van der Waals surface area (Å²) in [6, 6.07) is 16.9. The van der Waals surface area contributed by atoms with Crippen LogP contribution in [0.4, 0.5) is 5.69 Å². The van der Waals surface area contributed by atoms with Crippen LogP contribution < -0.4 is 10.6 Å². The number of para-hydroxylation sites is 1. The third-order valence-electron chi connectivity index (χ3n) is 5.96. The molecule has 0 saturated carbocycles. The topological polar surface area (TPSA) is 92.9 Å². The smallest absolute Gasteiger partial charge is 0.244 e. The van der Waals surface area contributed by atoms with Crippen LogP contribution >= 0.6 is 12.2 Å². The first-order chi connectivity index (χ1) is 16.5. The molecule has 34 heavy (non-hydrogen) atoms. The zero-order chi connectivity index (χ0) is 23.7. The highest BCUT2D eigenvalue weighted by molar-refractivity contribution is 7.80. The highest BCUT2D eigenvalue weighted by Gasteiger charge is 2.42. The van der Waals surface area contributed by atoms with Crippen LogP contribution in [0.5, 0.6) is 0 Å². The summed E-state index contributed by atoms with van der Waals surface area (Å²) >= 11 is 5.72. The molecule has 172 valence electrons. The molecule has 4 heterocycles. The molecule has 0 unspecified atom stereocenters. The summed E-state index contributed by atoms with van der Waals surface area (Å²) < 4.78 is 3.87. The number of anilines is 1. The summed E-state index contributed by atoms with van der Waals surface area (Å²) in [5, 5.41) is 14.8. The Labute approximate surface area is 202 Å². The number of nitrogens with one attached hydrogen (secondary N) is 2. The molecule has 1 aromatic carbocycles. The number of hydrogen-bond acceptors (Lipinski definition) is 5. The maximum Gasteiger partial charge on any atom is 0.244 e. The molecule has 0 bridgehead atoms. The number of aryl methyl sites for hydroxylation is 1. The Bertz CT molecular complexity index is 1300. The van der Waals surface area contributed by atoms with Crippen molar-refractivity contribution in [3.05, 3.63) is 96.1 Å². The third-order valence-corrected chi connectivity index (χ3v) is 6.31. The van der Waals surface area contributed by atoms with E-state index in [-0.39, 0.29) is 24.5 Å². The number of benzene rings is 1. The molecule has 10 heteroatoms. The molecule has 2 atom stereocenters. The number of rotatable bonds is 6. The second-order valence-corrected chi connectivity index (χ2v) is 8.54. The summed E-state index contributed by atoms with van der Waals surface area (Å²) in [7, 11) is 0. The molecule has 5 rings (SSSR count). The normalized spacial score (nSPS) is 17.6. The first kappa shape index (κ1) is 21.8. The van der Waals surface area contributed by atoms with Gasteiger partial charge in [0.1, 0.15) is 19.2 Å². The van der Waals surface area contributed by atoms with E-state index in [4.69, 9.17) is 12.2 Å². The average Bonchev–Trinajstić information content (AvgIpc) is 3.54. The third kappa shape index (κ3) is 4.03. The Morgan fingerprint density at radius 2 is 1.82 bits per heavy atom. The number of nitrogens with zero attached hydrogens (tertiary/aromatic N) is 6. The van der Waals surface area contributed by atoms with Gasteiger partial charge >= 0.3 is 0 Å². The first-order valence-electron chi connectivity index (χ1n) is 10.9. The van der Waals surface area contributed by atoms with Gasteiger partial charge < -0.3 is 15.5 Å². The number of carbonyl (C=O) groups excluding carboxylic acids is 1. The summed E-state index contributed by atoms with van der Waals surface area (Å²) in [5.74, 6) is -0.144. The lowest BCUT2D eigenvalue weighted by atomic mass is 9.97. The van der Waals surface area contributed by atoms with Gasteiger partial charge in [-0.3, -0.25) is 14.5 Å². The summed E-state index contributed by atoms with van der Waals surface area (Å²) in [4.78, 5) is 19.5. The molecule has 1 amide bonds. The highest BCUT2D eigenvalue weighted by atomic mass is 32.1. The van der Waals surface area contributed by atoms with Crippen LogP contribution in [-0.4, -0.2) is 47.0 Å².